The number of aromatic hydroxyl groups is 1. The predicted octanol–water partition coefficient (Wildman–Crippen LogP) is 1.19. The van der Waals surface area contributed by atoms with Gasteiger partial charge in [0.2, 0.25) is 0 Å². The minimum atomic E-state index is -4.31. The Labute approximate surface area is 127 Å². The van der Waals surface area contributed by atoms with Crippen molar-refractivity contribution in [2.45, 2.75) is 4.90 Å². The van der Waals surface area contributed by atoms with E-state index in [1.54, 1.807) is 7.05 Å². The quantitative estimate of drug-likeness (QED) is 0.567. The molecule has 2 aromatic rings. The molecule has 0 fully saturated rings. The molecule has 0 saturated heterocycles. The molecule has 2 aromatic carbocycles. The topological polar surface area (TPSA) is 86.6 Å². The van der Waals surface area contributed by atoms with Crippen molar-refractivity contribution in [3.63, 3.8) is 0 Å². The molecule has 7 heteroatoms. The minimum absolute atomic E-state index is 0. The van der Waals surface area contributed by atoms with Crippen molar-refractivity contribution in [3.8, 4) is 5.75 Å². The number of phenols is 1. The van der Waals surface area contributed by atoms with Crippen molar-refractivity contribution in [3.05, 3.63) is 30.3 Å². The normalized spacial score (nSPS) is 11.0. The standard InChI is InChI=1S/C11H11NO4S.Na.H/c1-12-8-5-6-10(17(14,15)16)7-3-2-4-9(13)11(7)8;;/h2-6,12-13H,1H3,(H,14,15,16);;. The van der Waals surface area contributed by atoms with E-state index in [0.29, 0.717) is 11.1 Å². The van der Waals surface area contributed by atoms with Crippen molar-refractivity contribution in [2.75, 3.05) is 12.4 Å². The second-order valence-electron chi connectivity index (χ2n) is 3.54. The summed E-state index contributed by atoms with van der Waals surface area (Å²) in [5.74, 6) is -0.0441. The number of hydrogen-bond donors (Lipinski definition) is 3. The molecule has 2 rings (SSSR count). The van der Waals surface area contributed by atoms with Crippen LogP contribution >= 0.6 is 0 Å². The Kier molecular flexibility index (Phi) is 4.63. The van der Waals surface area contributed by atoms with Crippen LogP contribution in [0.3, 0.4) is 0 Å². The van der Waals surface area contributed by atoms with Gasteiger partial charge in [0.1, 0.15) is 10.6 Å². The fourth-order valence-corrected chi connectivity index (χ4v) is 2.48. The van der Waals surface area contributed by atoms with Crippen LogP contribution in [0.5, 0.6) is 5.75 Å². The van der Waals surface area contributed by atoms with Gasteiger partial charge in [-0.25, -0.2) is 0 Å². The van der Waals surface area contributed by atoms with Crippen molar-refractivity contribution in [1.29, 1.82) is 0 Å². The van der Waals surface area contributed by atoms with E-state index in [2.05, 4.69) is 5.32 Å². The summed E-state index contributed by atoms with van der Waals surface area (Å²) in [6, 6.07) is 7.29. The molecule has 0 heterocycles. The van der Waals surface area contributed by atoms with Crippen molar-refractivity contribution in [1.82, 2.24) is 0 Å². The van der Waals surface area contributed by atoms with Gasteiger partial charge in [0.25, 0.3) is 10.1 Å². The molecule has 0 unspecified atom stereocenters. The molecule has 5 nitrogen and oxygen atoms in total. The van der Waals surface area contributed by atoms with Gasteiger partial charge in [0, 0.05) is 23.5 Å². The van der Waals surface area contributed by atoms with Crippen LogP contribution in [0.2, 0.25) is 0 Å². The first-order valence-electron chi connectivity index (χ1n) is 4.85. The number of rotatable bonds is 2. The van der Waals surface area contributed by atoms with Gasteiger partial charge in [-0.05, 0) is 18.2 Å². The summed E-state index contributed by atoms with van der Waals surface area (Å²) < 4.78 is 31.5. The zero-order valence-electron chi connectivity index (χ0n) is 9.01. The van der Waals surface area contributed by atoms with E-state index in [-0.39, 0.29) is 45.6 Å². The molecule has 92 valence electrons. The van der Waals surface area contributed by atoms with E-state index < -0.39 is 10.1 Å². The molecule has 0 radical (unpaired) electrons. The number of fused-ring (bicyclic) bond motifs is 1. The van der Waals surface area contributed by atoms with E-state index in [1.165, 1.54) is 30.3 Å². The fourth-order valence-electron chi connectivity index (χ4n) is 1.79. The fraction of sp³-hybridized carbons (Fsp3) is 0.0909. The molecular weight excluding hydrogens is 265 g/mol. The van der Waals surface area contributed by atoms with Crippen LogP contribution in [-0.2, 0) is 10.1 Å². The van der Waals surface area contributed by atoms with Gasteiger partial charge in [-0.1, -0.05) is 12.1 Å². The number of hydrogen-bond acceptors (Lipinski definition) is 4. The van der Waals surface area contributed by atoms with E-state index in [0.717, 1.165) is 0 Å². The second-order valence-corrected chi connectivity index (χ2v) is 4.93. The number of benzene rings is 2. The third-order valence-corrected chi connectivity index (χ3v) is 3.44. The van der Waals surface area contributed by atoms with Gasteiger partial charge < -0.3 is 10.4 Å². The number of phenolic OH excluding ortho intramolecular Hbond substituents is 1. The van der Waals surface area contributed by atoms with Gasteiger partial charge in [0.05, 0.1) is 0 Å². The average Bonchev–Trinajstić information content (AvgIpc) is 2.26. The summed E-state index contributed by atoms with van der Waals surface area (Å²) in [4.78, 5) is -0.220. The van der Waals surface area contributed by atoms with E-state index in [9.17, 15) is 13.5 Å². The molecular formula is C11H12NNaO4S. The zero-order valence-corrected chi connectivity index (χ0v) is 9.82. The van der Waals surface area contributed by atoms with Gasteiger partial charge >= 0.3 is 29.6 Å². The van der Waals surface area contributed by atoms with Crippen LogP contribution in [0.25, 0.3) is 10.8 Å². The first kappa shape index (κ1) is 15.3. The van der Waals surface area contributed by atoms with Crippen LogP contribution in [0, 0.1) is 0 Å². The number of nitrogens with one attached hydrogen (secondary N) is 1. The monoisotopic (exact) mass is 277 g/mol. The molecule has 0 aliphatic heterocycles. The molecule has 18 heavy (non-hydrogen) atoms. The third-order valence-electron chi connectivity index (χ3n) is 2.53. The van der Waals surface area contributed by atoms with Crippen LogP contribution in [0.4, 0.5) is 5.69 Å². The molecule has 3 N–H and O–H groups in total. The van der Waals surface area contributed by atoms with Crippen LogP contribution in [0.1, 0.15) is 0 Å². The van der Waals surface area contributed by atoms with Crippen LogP contribution in [0.15, 0.2) is 35.2 Å². The van der Waals surface area contributed by atoms with Gasteiger partial charge in [0.15, 0.2) is 0 Å². The van der Waals surface area contributed by atoms with Crippen molar-refractivity contribution in [2.24, 2.45) is 0 Å². The molecule has 0 amide bonds. The van der Waals surface area contributed by atoms with E-state index in [1.807, 2.05) is 0 Å². The summed E-state index contributed by atoms with van der Waals surface area (Å²) >= 11 is 0. The van der Waals surface area contributed by atoms with Crippen molar-refractivity contribution >= 4 is 56.1 Å². The Balaban J connectivity index is 0.00000162. The van der Waals surface area contributed by atoms with Gasteiger partial charge in [-0.2, -0.15) is 8.42 Å². The molecule has 0 saturated carbocycles. The molecule has 0 aliphatic carbocycles. The predicted molar refractivity (Wildman–Crippen MR) is 72.1 cm³/mol. The van der Waals surface area contributed by atoms with Gasteiger partial charge in [-0.15, -0.1) is 0 Å². The summed E-state index contributed by atoms with van der Waals surface area (Å²) in [7, 11) is -2.65. The van der Waals surface area contributed by atoms with Gasteiger partial charge in [-0.3, -0.25) is 4.55 Å². The summed E-state index contributed by atoms with van der Waals surface area (Å²) in [6.07, 6.45) is 0. The first-order valence-corrected chi connectivity index (χ1v) is 6.29. The Hall–Kier alpha value is -0.790. The summed E-state index contributed by atoms with van der Waals surface area (Å²) in [6.45, 7) is 0. The Morgan fingerprint density at radius 1 is 1.17 bits per heavy atom. The zero-order chi connectivity index (χ0) is 12.6. The van der Waals surface area contributed by atoms with Crippen LogP contribution in [-0.4, -0.2) is 54.7 Å². The molecule has 0 aromatic heterocycles. The number of anilines is 1. The molecule has 0 spiro atoms. The maximum absolute atomic E-state index is 11.2. The Bertz CT molecular complexity index is 685. The molecule has 0 atom stereocenters. The Morgan fingerprint density at radius 2 is 1.83 bits per heavy atom. The Morgan fingerprint density at radius 3 is 2.39 bits per heavy atom. The SMILES string of the molecule is CNc1ccc(S(=O)(=O)O)c2cccc(O)c12.[NaH]. The molecule has 0 aliphatic rings. The second kappa shape index (κ2) is 5.46. The maximum atomic E-state index is 11.2. The summed E-state index contributed by atoms with van der Waals surface area (Å²) in [5, 5.41) is 13.3. The average molecular weight is 277 g/mol. The van der Waals surface area contributed by atoms with E-state index in [4.69, 9.17) is 4.55 Å². The van der Waals surface area contributed by atoms with Crippen LogP contribution < -0.4 is 5.32 Å². The first-order chi connectivity index (χ1) is 7.95. The van der Waals surface area contributed by atoms with Crippen molar-refractivity contribution < 1.29 is 18.1 Å². The van der Waals surface area contributed by atoms with E-state index >= 15 is 0 Å². The molecule has 0 bridgehead atoms. The third kappa shape index (κ3) is 2.62. The summed E-state index contributed by atoms with van der Waals surface area (Å²) in [5.41, 5.74) is 0.588.